The van der Waals surface area contributed by atoms with Gasteiger partial charge in [0.15, 0.2) is 0 Å². The summed E-state index contributed by atoms with van der Waals surface area (Å²) in [6.07, 6.45) is 5.02. The Balaban J connectivity index is 1.40. The molecular formula is C23H24F3N7OSe. The van der Waals surface area contributed by atoms with Crippen LogP contribution in [0.2, 0.25) is 0 Å². The molecule has 2 N–H and O–H groups in total. The zero-order valence-electron chi connectivity index (χ0n) is 19.2. The molecule has 0 aromatic carbocycles. The molecule has 0 bridgehead atoms. The van der Waals surface area contributed by atoms with Crippen LogP contribution in [0.4, 0.5) is 19.0 Å². The number of hydrogen-bond acceptors (Lipinski definition) is 5. The number of amides is 1. The number of halogens is 3. The van der Waals surface area contributed by atoms with Crippen molar-refractivity contribution < 1.29 is 18.0 Å². The SMILES string of the molecule is CN1CCC2(Nc3cccc4c([Se]C(F)(F)F)c(C#CCNC(=O)c5cnn(C)c5)nn34)CC2C1. The average molecular weight is 550 g/mol. The first-order valence-electron chi connectivity index (χ1n) is 11.1. The maximum absolute atomic E-state index is 13.4. The molecule has 4 heterocycles. The number of fused-ring (bicyclic) bond motifs is 2. The van der Waals surface area contributed by atoms with Crippen LogP contribution in [-0.2, 0) is 7.05 Å². The minimum atomic E-state index is -4.35. The number of nitrogens with one attached hydrogen (secondary N) is 2. The predicted molar refractivity (Wildman–Crippen MR) is 126 cm³/mol. The van der Waals surface area contributed by atoms with Crippen LogP contribution in [-0.4, -0.2) is 82.5 Å². The molecule has 1 saturated heterocycles. The van der Waals surface area contributed by atoms with Gasteiger partial charge in [0.25, 0.3) is 0 Å². The fraction of sp³-hybridized carbons (Fsp3) is 0.435. The number of likely N-dealkylation sites (tertiary alicyclic amines) is 1. The van der Waals surface area contributed by atoms with Gasteiger partial charge in [-0.2, -0.15) is 0 Å². The topological polar surface area (TPSA) is 79.5 Å². The Morgan fingerprint density at radius 2 is 2.17 bits per heavy atom. The number of alkyl halides is 3. The Morgan fingerprint density at radius 3 is 2.89 bits per heavy atom. The molecule has 1 amide bonds. The second-order valence-corrected chi connectivity index (χ2v) is 11.3. The van der Waals surface area contributed by atoms with E-state index in [-0.39, 0.29) is 28.1 Å². The van der Waals surface area contributed by atoms with E-state index in [1.54, 1.807) is 29.9 Å². The van der Waals surface area contributed by atoms with Crippen molar-refractivity contribution in [3.05, 3.63) is 41.9 Å². The Labute approximate surface area is 206 Å². The number of carbonyl (C=O) groups is 1. The molecule has 2 fully saturated rings. The number of nitrogens with zero attached hydrogens (tertiary/aromatic N) is 5. The van der Waals surface area contributed by atoms with Gasteiger partial charge < -0.3 is 0 Å². The molecule has 2 unspecified atom stereocenters. The van der Waals surface area contributed by atoms with Crippen molar-refractivity contribution in [3.8, 4) is 11.8 Å². The van der Waals surface area contributed by atoms with E-state index in [1.165, 1.54) is 10.9 Å². The van der Waals surface area contributed by atoms with E-state index in [9.17, 15) is 18.0 Å². The van der Waals surface area contributed by atoms with E-state index in [0.717, 1.165) is 25.9 Å². The van der Waals surface area contributed by atoms with Crippen molar-refractivity contribution in [1.29, 1.82) is 0 Å². The van der Waals surface area contributed by atoms with Gasteiger partial charge in [0.05, 0.1) is 0 Å². The fourth-order valence-corrected chi connectivity index (χ4v) is 6.01. The number of piperidine rings is 1. The molecule has 1 aliphatic carbocycles. The Morgan fingerprint density at radius 1 is 1.34 bits per heavy atom. The summed E-state index contributed by atoms with van der Waals surface area (Å²) in [5, 5.41) is 10.3. The summed E-state index contributed by atoms with van der Waals surface area (Å²) in [6.45, 7) is 1.96. The van der Waals surface area contributed by atoms with Gasteiger partial charge in [-0.3, -0.25) is 0 Å². The molecular weight excluding hydrogens is 526 g/mol. The molecule has 2 atom stereocenters. The van der Waals surface area contributed by atoms with Gasteiger partial charge in [0.1, 0.15) is 0 Å². The molecule has 5 rings (SSSR count). The molecule has 3 aromatic rings. The standard InChI is InChI=1S/C23H24F3N7OSe/c1-31-10-8-22(11-16(22)14-31)29-19-7-3-6-18-20(35-23(24,25)26)17(30-33(18)19)5-4-9-27-21(34)15-12-28-32(2)13-15/h3,6-7,12-13,16,29H,8-11,14H2,1-2H3,(H,27,34). The van der Waals surface area contributed by atoms with Crippen molar-refractivity contribution in [2.45, 2.75) is 23.5 Å². The average Bonchev–Trinajstić information content (AvgIpc) is 3.11. The third kappa shape index (κ3) is 5.03. The molecule has 35 heavy (non-hydrogen) atoms. The first kappa shape index (κ1) is 23.7. The van der Waals surface area contributed by atoms with Crippen molar-refractivity contribution in [3.63, 3.8) is 0 Å². The van der Waals surface area contributed by atoms with Crippen LogP contribution in [0.5, 0.6) is 0 Å². The van der Waals surface area contributed by atoms with Gasteiger partial charge in [-0.25, -0.2) is 0 Å². The van der Waals surface area contributed by atoms with Crippen LogP contribution in [0, 0.1) is 17.8 Å². The molecule has 3 aromatic heterocycles. The van der Waals surface area contributed by atoms with Gasteiger partial charge in [-0.05, 0) is 0 Å². The van der Waals surface area contributed by atoms with E-state index in [0.29, 0.717) is 22.8 Å². The van der Waals surface area contributed by atoms with Crippen LogP contribution in [0.25, 0.3) is 5.52 Å². The molecule has 2 aliphatic rings. The fourth-order valence-electron chi connectivity index (χ4n) is 4.59. The van der Waals surface area contributed by atoms with Gasteiger partial charge >= 0.3 is 206 Å². The van der Waals surface area contributed by atoms with Crippen molar-refractivity contribution in [2.75, 3.05) is 32.0 Å². The third-order valence-electron chi connectivity index (χ3n) is 6.42. The molecule has 12 heteroatoms. The Bertz CT molecular complexity index is 1340. The van der Waals surface area contributed by atoms with Crippen molar-refractivity contribution >= 4 is 36.7 Å². The van der Waals surface area contributed by atoms with Gasteiger partial charge in [-0.1, -0.05) is 0 Å². The quantitative estimate of drug-likeness (QED) is 0.369. The van der Waals surface area contributed by atoms with E-state index in [2.05, 4.69) is 44.6 Å². The number of pyridine rings is 1. The van der Waals surface area contributed by atoms with E-state index >= 15 is 0 Å². The zero-order chi connectivity index (χ0) is 24.8. The summed E-state index contributed by atoms with van der Waals surface area (Å²) in [4.78, 5) is 14.4. The zero-order valence-corrected chi connectivity index (χ0v) is 20.9. The number of aryl methyl sites for hydroxylation is 1. The summed E-state index contributed by atoms with van der Waals surface area (Å²) in [5.74, 6) is 6.35. The maximum atomic E-state index is 13.4. The second-order valence-electron chi connectivity index (χ2n) is 9.02. The van der Waals surface area contributed by atoms with Crippen molar-refractivity contribution in [1.82, 2.24) is 29.6 Å². The number of aromatic nitrogens is 4. The summed E-state index contributed by atoms with van der Waals surface area (Å²) in [5.41, 5.74) is 0.841. The van der Waals surface area contributed by atoms with Gasteiger partial charge in [0, 0.05) is 0 Å². The van der Waals surface area contributed by atoms with E-state index < -0.39 is 20.0 Å². The van der Waals surface area contributed by atoms with Crippen LogP contribution in [0.1, 0.15) is 28.9 Å². The summed E-state index contributed by atoms with van der Waals surface area (Å²) >= 11 is -1.82. The normalized spacial score (nSPS) is 21.8. The number of hydrogen-bond donors (Lipinski definition) is 2. The number of anilines is 1. The van der Waals surface area contributed by atoms with Gasteiger partial charge in [0.2, 0.25) is 0 Å². The van der Waals surface area contributed by atoms with Crippen LogP contribution >= 0.6 is 0 Å². The van der Waals surface area contributed by atoms with E-state index in [4.69, 9.17) is 0 Å². The summed E-state index contributed by atoms with van der Waals surface area (Å²) in [6, 6.07) is 5.24. The summed E-state index contributed by atoms with van der Waals surface area (Å²) in [7, 11) is 3.80. The molecule has 1 saturated carbocycles. The van der Waals surface area contributed by atoms with Gasteiger partial charge in [-0.15, -0.1) is 0 Å². The van der Waals surface area contributed by atoms with Crippen LogP contribution in [0.3, 0.4) is 0 Å². The molecule has 8 nitrogen and oxygen atoms in total. The minimum absolute atomic E-state index is 0.0233. The molecule has 1 aliphatic heterocycles. The van der Waals surface area contributed by atoms with Crippen molar-refractivity contribution in [2.24, 2.45) is 13.0 Å². The monoisotopic (exact) mass is 551 g/mol. The number of carbonyl (C=O) groups excluding carboxylic acids is 1. The van der Waals surface area contributed by atoms with Crippen LogP contribution < -0.4 is 15.1 Å². The first-order valence-corrected chi connectivity index (χ1v) is 12.8. The Hall–Kier alpha value is -3.00. The third-order valence-corrected chi connectivity index (χ3v) is 8.18. The van der Waals surface area contributed by atoms with E-state index in [1.807, 2.05) is 6.07 Å². The number of rotatable bonds is 5. The summed E-state index contributed by atoms with van der Waals surface area (Å²) < 4.78 is 43.5. The predicted octanol–water partition coefficient (Wildman–Crippen LogP) is 1.20. The Kier molecular flexibility index (Phi) is 6.03. The molecule has 0 radical (unpaired) electrons. The van der Waals surface area contributed by atoms with Crippen LogP contribution in [0.15, 0.2) is 30.6 Å². The first-order chi connectivity index (χ1) is 16.6. The molecule has 184 valence electrons. The molecule has 0 spiro atoms. The second kappa shape index (κ2) is 8.90.